The van der Waals surface area contributed by atoms with Gasteiger partial charge in [-0.15, -0.1) is 0 Å². The second-order valence-corrected chi connectivity index (χ2v) is 10.4. The van der Waals surface area contributed by atoms with Crippen LogP contribution in [0.2, 0.25) is 0 Å². The Morgan fingerprint density at radius 2 is 1.82 bits per heavy atom. The molecule has 2 heterocycles. The summed E-state index contributed by atoms with van der Waals surface area (Å²) >= 11 is 0. The summed E-state index contributed by atoms with van der Waals surface area (Å²) in [6, 6.07) is 6.41. The minimum absolute atomic E-state index is 0.167. The topological polar surface area (TPSA) is 112 Å². The van der Waals surface area contributed by atoms with Gasteiger partial charge in [0, 0.05) is 50.9 Å². The van der Waals surface area contributed by atoms with Crippen LogP contribution in [-0.4, -0.2) is 84.4 Å². The predicted molar refractivity (Wildman–Crippen MR) is 125 cm³/mol. The summed E-state index contributed by atoms with van der Waals surface area (Å²) < 4.78 is 32.2. The third-order valence-electron chi connectivity index (χ3n) is 5.65. The number of hydrogen-bond acceptors (Lipinski definition) is 8. The molecule has 33 heavy (non-hydrogen) atoms. The number of carbonyl (C=O) groups excluding carboxylic acids is 1. The Kier molecular flexibility index (Phi) is 8.57. The Hall–Kier alpha value is -2.34. The number of amides is 1. The first kappa shape index (κ1) is 25.3. The molecule has 1 aromatic heterocycles. The summed E-state index contributed by atoms with van der Waals surface area (Å²) in [6.45, 7) is 12.4. The second-order valence-electron chi connectivity index (χ2n) is 8.42. The molecule has 0 radical (unpaired) electrons. The summed E-state index contributed by atoms with van der Waals surface area (Å²) in [5.74, 6) is 1.40. The number of benzene rings is 1. The van der Waals surface area contributed by atoms with Crippen LogP contribution in [0.1, 0.15) is 45.3 Å². The van der Waals surface area contributed by atoms with E-state index in [4.69, 9.17) is 4.52 Å². The highest BCUT2D eigenvalue weighted by Gasteiger charge is 2.23. The van der Waals surface area contributed by atoms with Gasteiger partial charge < -0.3 is 9.84 Å². The fraction of sp³-hybridized carbons (Fsp3) is 0.591. The van der Waals surface area contributed by atoms with Gasteiger partial charge in [-0.2, -0.15) is 9.29 Å². The zero-order valence-electron chi connectivity index (χ0n) is 19.8. The number of hydrogen-bond donors (Lipinski definition) is 1. The van der Waals surface area contributed by atoms with Gasteiger partial charge in [-0.3, -0.25) is 14.6 Å². The number of piperazine rings is 1. The Bertz CT molecular complexity index is 1030. The van der Waals surface area contributed by atoms with E-state index in [1.807, 2.05) is 13.8 Å². The Morgan fingerprint density at radius 3 is 2.42 bits per heavy atom. The van der Waals surface area contributed by atoms with Crippen molar-refractivity contribution in [3.8, 4) is 0 Å². The van der Waals surface area contributed by atoms with E-state index in [9.17, 15) is 13.2 Å². The molecule has 0 unspecified atom stereocenters. The third-order valence-corrected chi connectivity index (χ3v) is 7.70. The number of rotatable bonds is 10. The Labute approximate surface area is 196 Å². The zero-order valence-corrected chi connectivity index (χ0v) is 20.6. The first-order valence-corrected chi connectivity index (χ1v) is 12.8. The van der Waals surface area contributed by atoms with Crippen LogP contribution in [0, 0.1) is 0 Å². The van der Waals surface area contributed by atoms with Gasteiger partial charge in [0.25, 0.3) is 0 Å². The number of aromatic nitrogens is 2. The highest BCUT2D eigenvalue weighted by atomic mass is 32.2. The quantitative estimate of drug-likeness (QED) is 0.552. The van der Waals surface area contributed by atoms with Crippen LogP contribution in [0.3, 0.4) is 0 Å². The van der Waals surface area contributed by atoms with E-state index in [1.54, 1.807) is 32.0 Å². The van der Waals surface area contributed by atoms with Crippen LogP contribution < -0.4 is 5.32 Å². The molecule has 0 atom stereocenters. The van der Waals surface area contributed by atoms with Gasteiger partial charge in [-0.05, 0) is 18.2 Å². The monoisotopic (exact) mass is 478 g/mol. The minimum atomic E-state index is -3.57. The number of nitrogens with zero attached hydrogens (tertiary/aromatic N) is 5. The molecule has 3 rings (SSSR count). The molecule has 182 valence electrons. The number of nitrogens with one attached hydrogen (secondary N) is 1. The van der Waals surface area contributed by atoms with Crippen LogP contribution in [0.15, 0.2) is 33.7 Å². The van der Waals surface area contributed by atoms with Crippen LogP contribution in [-0.2, 0) is 21.4 Å². The number of anilines is 1. The maximum absolute atomic E-state index is 12.7. The molecule has 1 N–H and O–H groups in total. The van der Waals surface area contributed by atoms with Crippen molar-refractivity contribution < 1.29 is 17.7 Å². The standard InChI is InChI=1S/C22H34N6O4S/c1-5-28(6-2)33(30,31)19-9-7-8-18(14-19)23-20(29)15-26-10-12-27(13-11-26)16-21-24-22(17(3)4)25-32-21/h7-9,14,17H,5-6,10-13,15-16H2,1-4H3,(H,23,29). The zero-order chi connectivity index (χ0) is 24.0. The summed E-state index contributed by atoms with van der Waals surface area (Å²) in [6.07, 6.45) is 0. The van der Waals surface area contributed by atoms with Crippen molar-refractivity contribution in [3.63, 3.8) is 0 Å². The van der Waals surface area contributed by atoms with Crippen LogP contribution >= 0.6 is 0 Å². The minimum Gasteiger partial charge on any atom is -0.338 e. The van der Waals surface area contributed by atoms with Crippen molar-refractivity contribution in [1.82, 2.24) is 24.2 Å². The van der Waals surface area contributed by atoms with Crippen molar-refractivity contribution in [2.45, 2.75) is 45.1 Å². The molecule has 0 bridgehead atoms. The summed E-state index contributed by atoms with van der Waals surface area (Å²) in [4.78, 5) is 21.5. The predicted octanol–water partition coefficient (Wildman–Crippen LogP) is 1.98. The fourth-order valence-electron chi connectivity index (χ4n) is 3.71. The molecular formula is C22H34N6O4S. The van der Waals surface area contributed by atoms with E-state index >= 15 is 0 Å². The lowest BCUT2D eigenvalue weighted by Gasteiger charge is -2.33. The summed E-state index contributed by atoms with van der Waals surface area (Å²) in [5, 5.41) is 6.83. The lowest BCUT2D eigenvalue weighted by Crippen LogP contribution is -2.48. The SMILES string of the molecule is CCN(CC)S(=O)(=O)c1cccc(NC(=O)CN2CCN(Cc3nc(C(C)C)no3)CC2)c1. The first-order valence-electron chi connectivity index (χ1n) is 11.4. The van der Waals surface area contributed by atoms with E-state index in [1.165, 1.54) is 10.4 Å². The molecule has 1 saturated heterocycles. The molecule has 0 aliphatic carbocycles. The van der Waals surface area contributed by atoms with Crippen LogP contribution in [0.5, 0.6) is 0 Å². The van der Waals surface area contributed by atoms with E-state index in [0.717, 1.165) is 26.2 Å². The summed E-state index contributed by atoms with van der Waals surface area (Å²) in [7, 11) is -3.57. The fourth-order valence-corrected chi connectivity index (χ4v) is 5.22. The lowest BCUT2D eigenvalue weighted by atomic mass is 10.2. The average molecular weight is 479 g/mol. The van der Waals surface area contributed by atoms with E-state index < -0.39 is 10.0 Å². The van der Waals surface area contributed by atoms with Crippen LogP contribution in [0.4, 0.5) is 5.69 Å². The molecule has 1 amide bonds. The molecular weight excluding hydrogens is 444 g/mol. The van der Waals surface area contributed by atoms with Gasteiger partial charge in [0.05, 0.1) is 18.0 Å². The van der Waals surface area contributed by atoms with Crippen LogP contribution in [0.25, 0.3) is 0 Å². The average Bonchev–Trinajstić information content (AvgIpc) is 3.25. The van der Waals surface area contributed by atoms with E-state index in [-0.39, 0.29) is 23.3 Å². The molecule has 0 spiro atoms. The highest BCUT2D eigenvalue weighted by Crippen LogP contribution is 2.20. The number of carbonyl (C=O) groups is 1. The molecule has 1 fully saturated rings. The molecule has 0 saturated carbocycles. The lowest BCUT2D eigenvalue weighted by molar-refractivity contribution is -0.117. The highest BCUT2D eigenvalue weighted by molar-refractivity contribution is 7.89. The van der Waals surface area contributed by atoms with Gasteiger partial charge in [-0.25, -0.2) is 8.42 Å². The third kappa shape index (κ3) is 6.59. The van der Waals surface area contributed by atoms with Gasteiger partial charge in [0.1, 0.15) is 0 Å². The maximum Gasteiger partial charge on any atom is 0.243 e. The van der Waals surface area contributed by atoms with Gasteiger partial charge in [0.15, 0.2) is 5.82 Å². The summed E-state index contributed by atoms with van der Waals surface area (Å²) in [5.41, 5.74) is 0.476. The largest absolute Gasteiger partial charge is 0.338 e. The van der Waals surface area contributed by atoms with Crippen molar-refractivity contribution >= 4 is 21.6 Å². The molecule has 2 aromatic rings. The van der Waals surface area contributed by atoms with Crippen molar-refractivity contribution in [1.29, 1.82) is 0 Å². The van der Waals surface area contributed by atoms with Gasteiger partial charge in [0.2, 0.25) is 21.8 Å². The van der Waals surface area contributed by atoms with Crippen molar-refractivity contribution in [2.24, 2.45) is 0 Å². The smallest absolute Gasteiger partial charge is 0.243 e. The van der Waals surface area contributed by atoms with Crippen molar-refractivity contribution in [2.75, 3.05) is 51.1 Å². The molecule has 1 aliphatic rings. The Morgan fingerprint density at radius 1 is 1.15 bits per heavy atom. The molecule has 1 aromatic carbocycles. The van der Waals surface area contributed by atoms with E-state index in [0.29, 0.717) is 37.0 Å². The first-order chi connectivity index (χ1) is 15.7. The normalized spacial score (nSPS) is 15.9. The molecule has 11 heteroatoms. The number of sulfonamides is 1. The van der Waals surface area contributed by atoms with Gasteiger partial charge in [-0.1, -0.05) is 38.9 Å². The van der Waals surface area contributed by atoms with Gasteiger partial charge >= 0.3 is 0 Å². The second kappa shape index (κ2) is 11.2. The Balaban J connectivity index is 1.50. The molecule has 1 aliphatic heterocycles. The van der Waals surface area contributed by atoms with E-state index in [2.05, 4.69) is 25.3 Å². The van der Waals surface area contributed by atoms with Crippen molar-refractivity contribution in [3.05, 3.63) is 36.0 Å². The maximum atomic E-state index is 12.7. The molecule has 10 nitrogen and oxygen atoms in total.